The summed E-state index contributed by atoms with van der Waals surface area (Å²) in [6, 6.07) is 2.11. The van der Waals surface area contributed by atoms with Gasteiger partial charge in [0.25, 0.3) is 5.91 Å². The SMILES string of the molecule is Cc1c(S(=O)(=O)N2CCC(N3CCCCC3)CC2)cc(C(=O)N2CCCCC2)n1C. The van der Waals surface area contributed by atoms with Gasteiger partial charge in [0.2, 0.25) is 10.0 Å². The van der Waals surface area contributed by atoms with Gasteiger partial charge in [-0.2, -0.15) is 4.31 Å². The van der Waals surface area contributed by atoms with Gasteiger partial charge in [-0.05, 0) is 71.0 Å². The first-order valence-electron chi connectivity index (χ1n) is 11.6. The number of hydrogen-bond acceptors (Lipinski definition) is 4. The molecule has 0 aromatic carbocycles. The maximum Gasteiger partial charge on any atom is 0.270 e. The molecule has 7 nitrogen and oxygen atoms in total. The van der Waals surface area contributed by atoms with Crippen molar-refractivity contribution in [3.63, 3.8) is 0 Å². The summed E-state index contributed by atoms with van der Waals surface area (Å²) in [5.74, 6) is -0.0504. The molecule has 168 valence electrons. The fourth-order valence-corrected chi connectivity index (χ4v) is 7.01. The Balaban J connectivity index is 1.48. The first-order chi connectivity index (χ1) is 14.4. The molecule has 4 rings (SSSR count). The minimum Gasteiger partial charge on any atom is -0.343 e. The topological polar surface area (TPSA) is 65.9 Å². The van der Waals surface area contributed by atoms with E-state index in [1.807, 2.05) is 4.90 Å². The standard InChI is InChI=1S/C22H36N4O3S/c1-18-21(17-20(23(18)2)22(27)25-13-7-4-8-14-25)30(28,29)26-15-9-19(10-16-26)24-11-5-3-6-12-24/h17,19H,3-16H2,1-2H3. The molecule has 0 unspecified atom stereocenters. The predicted octanol–water partition coefficient (Wildman–Crippen LogP) is 2.60. The van der Waals surface area contributed by atoms with Crippen LogP contribution in [0.2, 0.25) is 0 Å². The second kappa shape index (κ2) is 9.01. The number of sulfonamides is 1. The number of rotatable bonds is 4. The summed E-state index contributed by atoms with van der Waals surface area (Å²) in [6.45, 7) is 6.75. The third-order valence-corrected chi connectivity index (χ3v) is 9.31. The van der Waals surface area contributed by atoms with E-state index in [4.69, 9.17) is 0 Å². The first kappa shape index (κ1) is 21.8. The summed E-state index contributed by atoms with van der Waals surface area (Å²) in [7, 11) is -1.79. The van der Waals surface area contributed by atoms with Crippen molar-refractivity contribution in [1.29, 1.82) is 0 Å². The van der Waals surface area contributed by atoms with E-state index in [1.165, 1.54) is 19.3 Å². The number of carbonyl (C=O) groups is 1. The third-order valence-electron chi connectivity index (χ3n) is 7.30. The Morgan fingerprint density at radius 2 is 1.47 bits per heavy atom. The van der Waals surface area contributed by atoms with Crippen LogP contribution in [0.3, 0.4) is 0 Å². The van der Waals surface area contributed by atoms with Crippen LogP contribution in [0.25, 0.3) is 0 Å². The van der Waals surface area contributed by atoms with E-state index in [0.717, 1.165) is 58.3 Å². The predicted molar refractivity (Wildman–Crippen MR) is 117 cm³/mol. The fourth-order valence-electron chi connectivity index (χ4n) is 5.27. The van der Waals surface area contributed by atoms with Crippen LogP contribution in [0.5, 0.6) is 0 Å². The maximum atomic E-state index is 13.4. The Hall–Kier alpha value is -1.38. The zero-order valence-corrected chi connectivity index (χ0v) is 19.3. The first-order valence-corrected chi connectivity index (χ1v) is 13.0. The quantitative estimate of drug-likeness (QED) is 0.728. The van der Waals surface area contributed by atoms with Crippen molar-refractivity contribution < 1.29 is 13.2 Å². The zero-order chi connectivity index (χ0) is 21.3. The highest BCUT2D eigenvalue weighted by atomic mass is 32.2. The molecule has 1 amide bonds. The lowest BCUT2D eigenvalue weighted by molar-refractivity contribution is 0.0714. The highest BCUT2D eigenvalue weighted by Crippen LogP contribution is 2.29. The van der Waals surface area contributed by atoms with Gasteiger partial charge in [0.05, 0.1) is 0 Å². The lowest BCUT2D eigenvalue weighted by Crippen LogP contribution is -2.48. The number of amides is 1. The van der Waals surface area contributed by atoms with Crippen molar-refractivity contribution >= 4 is 15.9 Å². The van der Waals surface area contributed by atoms with Crippen molar-refractivity contribution in [3.05, 3.63) is 17.5 Å². The van der Waals surface area contributed by atoms with E-state index in [2.05, 4.69) is 4.90 Å². The van der Waals surface area contributed by atoms with Gasteiger partial charge in [0.15, 0.2) is 0 Å². The fraction of sp³-hybridized carbons (Fsp3) is 0.773. The summed E-state index contributed by atoms with van der Waals surface area (Å²) in [6.07, 6.45) is 8.82. The normalized spacial score (nSPS) is 23.1. The van der Waals surface area contributed by atoms with E-state index in [1.54, 1.807) is 28.9 Å². The highest BCUT2D eigenvalue weighted by molar-refractivity contribution is 7.89. The number of likely N-dealkylation sites (tertiary alicyclic amines) is 2. The molecular formula is C22H36N4O3S. The van der Waals surface area contributed by atoms with Crippen molar-refractivity contribution in [2.45, 2.75) is 69.2 Å². The summed E-state index contributed by atoms with van der Waals surface area (Å²) in [4.78, 5) is 17.7. The van der Waals surface area contributed by atoms with Crippen LogP contribution in [-0.4, -0.2) is 78.3 Å². The average Bonchev–Trinajstić information content (AvgIpc) is 3.10. The summed E-state index contributed by atoms with van der Waals surface area (Å²) >= 11 is 0. The van der Waals surface area contributed by atoms with E-state index < -0.39 is 10.0 Å². The summed E-state index contributed by atoms with van der Waals surface area (Å²) in [5, 5.41) is 0. The molecule has 0 atom stereocenters. The number of aromatic nitrogens is 1. The molecule has 3 saturated heterocycles. The van der Waals surface area contributed by atoms with Crippen molar-refractivity contribution in [3.8, 4) is 0 Å². The van der Waals surface area contributed by atoms with E-state index in [-0.39, 0.29) is 5.91 Å². The number of piperidine rings is 3. The van der Waals surface area contributed by atoms with Crippen LogP contribution in [0, 0.1) is 6.92 Å². The highest BCUT2D eigenvalue weighted by Gasteiger charge is 2.35. The molecule has 8 heteroatoms. The summed E-state index contributed by atoms with van der Waals surface area (Å²) < 4.78 is 30.2. The van der Waals surface area contributed by atoms with Crippen molar-refractivity contribution in [1.82, 2.24) is 18.7 Å². The van der Waals surface area contributed by atoms with Gasteiger partial charge in [-0.15, -0.1) is 0 Å². The number of nitrogens with zero attached hydrogens (tertiary/aromatic N) is 4. The van der Waals surface area contributed by atoms with Gasteiger partial charge in [0.1, 0.15) is 10.6 Å². The Morgan fingerprint density at radius 3 is 2.07 bits per heavy atom. The molecule has 1 aromatic heterocycles. The van der Waals surface area contributed by atoms with Gasteiger partial charge in [-0.3, -0.25) is 4.79 Å². The van der Waals surface area contributed by atoms with Crippen LogP contribution >= 0.6 is 0 Å². The van der Waals surface area contributed by atoms with Crippen LogP contribution in [0.4, 0.5) is 0 Å². The molecule has 0 aliphatic carbocycles. The Bertz CT molecular complexity index is 859. The van der Waals surface area contributed by atoms with E-state index >= 15 is 0 Å². The number of hydrogen-bond donors (Lipinski definition) is 0. The lowest BCUT2D eigenvalue weighted by atomic mass is 10.0. The van der Waals surface area contributed by atoms with Gasteiger partial charge >= 0.3 is 0 Å². The smallest absolute Gasteiger partial charge is 0.270 e. The van der Waals surface area contributed by atoms with Gasteiger partial charge in [0, 0.05) is 45.0 Å². The van der Waals surface area contributed by atoms with Crippen molar-refractivity contribution in [2.75, 3.05) is 39.3 Å². The molecule has 0 saturated carbocycles. The van der Waals surface area contributed by atoms with Crippen molar-refractivity contribution in [2.24, 2.45) is 7.05 Å². The third kappa shape index (κ3) is 4.18. The van der Waals surface area contributed by atoms with E-state index in [0.29, 0.717) is 35.4 Å². The monoisotopic (exact) mass is 436 g/mol. The molecule has 3 aliphatic heterocycles. The minimum atomic E-state index is -3.59. The van der Waals surface area contributed by atoms with E-state index in [9.17, 15) is 13.2 Å². The maximum absolute atomic E-state index is 13.4. The lowest BCUT2D eigenvalue weighted by Gasteiger charge is -2.39. The molecule has 4 heterocycles. The Kier molecular flexibility index (Phi) is 6.55. The Labute approximate surface area is 181 Å². The van der Waals surface area contributed by atoms with Crippen LogP contribution in [-0.2, 0) is 17.1 Å². The second-order valence-electron chi connectivity index (χ2n) is 9.12. The average molecular weight is 437 g/mol. The van der Waals surface area contributed by atoms with Gasteiger partial charge < -0.3 is 14.4 Å². The molecule has 0 spiro atoms. The zero-order valence-electron chi connectivity index (χ0n) is 18.5. The second-order valence-corrected chi connectivity index (χ2v) is 11.0. The Morgan fingerprint density at radius 1 is 0.900 bits per heavy atom. The van der Waals surface area contributed by atoms with Crippen LogP contribution in [0.15, 0.2) is 11.0 Å². The molecule has 0 radical (unpaired) electrons. The molecule has 3 aliphatic rings. The van der Waals surface area contributed by atoms with Crippen LogP contribution < -0.4 is 0 Å². The summed E-state index contributed by atoms with van der Waals surface area (Å²) in [5.41, 5.74) is 1.13. The molecule has 0 N–H and O–H groups in total. The molecule has 3 fully saturated rings. The molecule has 0 bridgehead atoms. The van der Waals surface area contributed by atoms with Gasteiger partial charge in [-0.1, -0.05) is 6.42 Å². The van der Waals surface area contributed by atoms with Gasteiger partial charge in [-0.25, -0.2) is 8.42 Å². The number of carbonyl (C=O) groups excluding carboxylic acids is 1. The largest absolute Gasteiger partial charge is 0.343 e. The minimum absolute atomic E-state index is 0.0504. The molecule has 1 aromatic rings. The molecule has 30 heavy (non-hydrogen) atoms. The van der Waals surface area contributed by atoms with Crippen LogP contribution in [0.1, 0.15) is 67.5 Å². The molecular weight excluding hydrogens is 400 g/mol.